The van der Waals surface area contributed by atoms with E-state index in [4.69, 9.17) is 0 Å². The van der Waals surface area contributed by atoms with E-state index in [1.807, 2.05) is 45.0 Å². The molecule has 0 unspecified atom stereocenters. The van der Waals surface area contributed by atoms with Crippen LogP contribution in [0.3, 0.4) is 0 Å². The number of anilines is 1. The predicted octanol–water partition coefficient (Wildman–Crippen LogP) is 3.58. The summed E-state index contributed by atoms with van der Waals surface area (Å²) in [6, 6.07) is 7.85. The molecule has 0 aliphatic rings. The number of carbonyl (C=O) groups is 1. The highest BCUT2D eigenvalue weighted by atomic mass is 32.1. The van der Waals surface area contributed by atoms with Gasteiger partial charge in [0.25, 0.3) is 11.5 Å². The molecule has 1 amide bonds. The number of carbonyl (C=O) groups excluding carboxylic acids is 1. The molecule has 0 saturated carbocycles. The zero-order valence-corrected chi connectivity index (χ0v) is 15.0. The van der Waals surface area contributed by atoms with Crippen molar-refractivity contribution in [1.29, 1.82) is 0 Å². The van der Waals surface area contributed by atoms with Gasteiger partial charge in [0.15, 0.2) is 0 Å². The highest BCUT2D eigenvalue weighted by molar-refractivity contribution is 7.20. The number of nitrogens with one attached hydrogen (secondary N) is 1. The zero-order valence-electron chi connectivity index (χ0n) is 14.1. The van der Waals surface area contributed by atoms with Gasteiger partial charge in [0.2, 0.25) is 0 Å². The number of fused-ring (bicyclic) bond motifs is 1. The summed E-state index contributed by atoms with van der Waals surface area (Å²) < 4.78 is 0. The van der Waals surface area contributed by atoms with E-state index in [9.17, 15) is 9.59 Å². The van der Waals surface area contributed by atoms with Crippen LogP contribution in [-0.4, -0.2) is 22.4 Å². The smallest absolute Gasteiger partial charge is 0.268 e. The third kappa shape index (κ3) is 2.73. The molecule has 0 aliphatic carbocycles. The average molecular weight is 341 g/mol. The molecule has 3 aromatic rings. The summed E-state index contributed by atoms with van der Waals surface area (Å²) in [5.74, 6) is 0.458. The van der Waals surface area contributed by atoms with Gasteiger partial charge >= 0.3 is 0 Å². The number of aromatic nitrogens is 2. The molecule has 1 N–H and O–H groups in total. The van der Waals surface area contributed by atoms with Gasteiger partial charge in [0.05, 0.1) is 10.3 Å². The van der Waals surface area contributed by atoms with Crippen LogP contribution in [0.2, 0.25) is 0 Å². The fourth-order valence-corrected chi connectivity index (χ4v) is 3.99. The fourth-order valence-electron chi connectivity index (χ4n) is 2.82. The molecule has 0 bridgehead atoms. The van der Waals surface area contributed by atoms with Crippen molar-refractivity contribution >= 4 is 33.1 Å². The van der Waals surface area contributed by atoms with E-state index in [-0.39, 0.29) is 11.5 Å². The maximum atomic E-state index is 13.1. The first-order chi connectivity index (χ1) is 11.4. The van der Waals surface area contributed by atoms with E-state index in [1.54, 1.807) is 11.8 Å². The second-order valence-electron chi connectivity index (χ2n) is 5.78. The van der Waals surface area contributed by atoms with Gasteiger partial charge in [-0.25, -0.2) is 4.98 Å². The summed E-state index contributed by atoms with van der Waals surface area (Å²) >= 11 is 1.28. The van der Waals surface area contributed by atoms with Crippen LogP contribution >= 0.6 is 11.3 Å². The summed E-state index contributed by atoms with van der Waals surface area (Å²) in [4.78, 5) is 35.2. The van der Waals surface area contributed by atoms with Gasteiger partial charge in [-0.05, 0) is 51.0 Å². The molecule has 0 fully saturated rings. The number of amides is 1. The largest absolute Gasteiger partial charge is 0.310 e. The van der Waals surface area contributed by atoms with Crippen molar-refractivity contribution in [3.05, 3.63) is 56.4 Å². The third-order valence-electron chi connectivity index (χ3n) is 3.99. The number of hydrogen-bond donors (Lipinski definition) is 1. The van der Waals surface area contributed by atoms with Gasteiger partial charge in [0.1, 0.15) is 10.7 Å². The van der Waals surface area contributed by atoms with E-state index < -0.39 is 0 Å². The summed E-state index contributed by atoms with van der Waals surface area (Å²) in [7, 11) is 0. The van der Waals surface area contributed by atoms with Gasteiger partial charge in [-0.1, -0.05) is 12.1 Å². The van der Waals surface area contributed by atoms with E-state index >= 15 is 0 Å². The van der Waals surface area contributed by atoms with E-state index in [0.29, 0.717) is 33.0 Å². The summed E-state index contributed by atoms with van der Waals surface area (Å²) in [6.45, 7) is 8.04. The Morgan fingerprint density at radius 1 is 1.29 bits per heavy atom. The lowest BCUT2D eigenvalue weighted by Gasteiger charge is -2.21. The number of nitrogens with zero attached hydrogens (tertiary/aromatic N) is 2. The maximum Gasteiger partial charge on any atom is 0.268 e. The number of aryl methyl sites for hydroxylation is 3. The molecule has 24 heavy (non-hydrogen) atoms. The van der Waals surface area contributed by atoms with Crippen LogP contribution in [0.15, 0.2) is 29.1 Å². The first-order valence-electron chi connectivity index (χ1n) is 7.81. The number of benzene rings is 1. The molecular weight excluding hydrogens is 322 g/mol. The van der Waals surface area contributed by atoms with Crippen LogP contribution in [0.4, 0.5) is 5.69 Å². The van der Waals surface area contributed by atoms with E-state index in [1.165, 1.54) is 11.3 Å². The van der Waals surface area contributed by atoms with E-state index in [0.717, 1.165) is 11.3 Å². The minimum atomic E-state index is -0.191. The number of thiophene rings is 1. The molecule has 124 valence electrons. The Bertz CT molecular complexity index is 988. The predicted molar refractivity (Wildman–Crippen MR) is 98.2 cm³/mol. The molecule has 5 nitrogen and oxygen atoms in total. The van der Waals surface area contributed by atoms with Gasteiger partial charge in [-0.3, -0.25) is 9.59 Å². The maximum absolute atomic E-state index is 13.1. The highest BCUT2D eigenvalue weighted by Gasteiger charge is 2.23. The molecule has 0 radical (unpaired) electrons. The molecule has 0 aliphatic heterocycles. The normalized spacial score (nSPS) is 11.0. The molecule has 0 atom stereocenters. The van der Waals surface area contributed by atoms with E-state index in [2.05, 4.69) is 9.97 Å². The Morgan fingerprint density at radius 3 is 2.71 bits per heavy atom. The minimum absolute atomic E-state index is 0.0966. The molecule has 1 aromatic carbocycles. The van der Waals surface area contributed by atoms with Gasteiger partial charge < -0.3 is 9.88 Å². The summed E-state index contributed by atoms with van der Waals surface area (Å²) in [5, 5.41) is 0.509. The van der Waals surface area contributed by atoms with Crippen LogP contribution in [0.5, 0.6) is 0 Å². The second-order valence-corrected chi connectivity index (χ2v) is 6.78. The number of aromatic amines is 1. The minimum Gasteiger partial charge on any atom is -0.310 e. The Balaban J connectivity index is 2.12. The molecule has 2 aromatic heterocycles. The second kappa shape index (κ2) is 6.20. The fraction of sp³-hybridized carbons (Fsp3) is 0.278. The van der Waals surface area contributed by atoms with Crippen molar-refractivity contribution in [3.8, 4) is 0 Å². The van der Waals surface area contributed by atoms with Crippen molar-refractivity contribution < 1.29 is 4.79 Å². The quantitative estimate of drug-likeness (QED) is 0.792. The highest BCUT2D eigenvalue weighted by Crippen LogP contribution is 2.29. The third-order valence-corrected chi connectivity index (χ3v) is 5.16. The first kappa shape index (κ1) is 16.4. The molecule has 2 heterocycles. The van der Waals surface area contributed by atoms with Crippen molar-refractivity contribution in [2.24, 2.45) is 0 Å². The molecule has 0 saturated heterocycles. The molecule has 0 spiro atoms. The van der Waals surface area contributed by atoms with Crippen LogP contribution in [0.25, 0.3) is 10.2 Å². The topological polar surface area (TPSA) is 66.1 Å². The number of hydrogen-bond acceptors (Lipinski definition) is 4. The number of rotatable bonds is 3. The van der Waals surface area contributed by atoms with Crippen molar-refractivity contribution in [3.63, 3.8) is 0 Å². The summed E-state index contributed by atoms with van der Waals surface area (Å²) in [5.41, 5.74) is 2.46. The standard InChI is InChI=1S/C18H19N3O2S/c1-5-21(13-8-6-7-10(2)9-13)18(23)15-11(3)14-16(22)19-12(4)20-17(14)24-15/h6-9H,5H2,1-4H3,(H,19,20,22). The van der Waals surface area contributed by atoms with Crippen molar-refractivity contribution in [1.82, 2.24) is 9.97 Å². The monoisotopic (exact) mass is 341 g/mol. The van der Waals surface area contributed by atoms with Crippen LogP contribution in [0, 0.1) is 20.8 Å². The van der Waals surface area contributed by atoms with Gasteiger partial charge in [-0.2, -0.15) is 0 Å². The number of H-pyrrole nitrogens is 1. The van der Waals surface area contributed by atoms with Gasteiger partial charge in [-0.15, -0.1) is 11.3 Å². The lowest BCUT2D eigenvalue weighted by atomic mass is 10.1. The van der Waals surface area contributed by atoms with Crippen molar-refractivity contribution in [2.75, 3.05) is 11.4 Å². The summed E-state index contributed by atoms with van der Waals surface area (Å²) in [6.07, 6.45) is 0. The first-order valence-corrected chi connectivity index (χ1v) is 8.62. The van der Waals surface area contributed by atoms with Gasteiger partial charge in [0, 0.05) is 12.2 Å². The molecular formula is C18H19N3O2S. The lowest BCUT2D eigenvalue weighted by molar-refractivity contribution is 0.0992. The Hall–Kier alpha value is -2.47. The Morgan fingerprint density at radius 2 is 2.04 bits per heavy atom. The average Bonchev–Trinajstić information content (AvgIpc) is 2.85. The van der Waals surface area contributed by atoms with Crippen LogP contribution in [0.1, 0.15) is 33.5 Å². The Labute approximate surface area is 144 Å². The molecule has 3 rings (SSSR count). The Kier molecular flexibility index (Phi) is 4.24. The van der Waals surface area contributed by atoms with Crippen LogP contribution in [-0.2, 0) is 0 Å². The van der Waals surface area contributed by atoms with Crippen LogP contribution < -0.4 is 10.5 Å². The SMILES string of the molecule is CCN(C(=O)c1sc2nc(C)[nH]c(=O)c2c1C)c1cccc(C)c1. The molecule has 6 heteroatoms. The lowest BCUT2D eigenvalue weighted by Crippen LogP contribution is -2.30. The zero-order chi connectivity index (χ0) is 17.4. The van der Waals surface area contributed by atoms with Crippen molar-refractivity contribution in [2.45, 2.75) is 27.7 Å².